The van der Waals surface area contributed by atoms with Crippen LogP contribution in [0.2, 0.25) is 0 Å². The molecule has 0 unspecified atom stereocenters. The van der Waals surface area contributed by atoms with Crippen molar-refractivity contribution >= 4 is 16.7 Å². The van der Waals surface area contributed by atoms with Crippen molar-refractivity contribution < 1.29 is 9.84 Å². The van der Waals surface area contributed by atoms with Crippen LogP contribution < -0.4 is 4.90 Å². The van der Waals surface area contributed by atoms with Crippen LogP contribution in [0.4, 0.5) is 5.82 Å². The number of rotatable bonds is 3. The molecule has 2 aromatic carbocycles. The van der Waals surface area contributed by atoms with E-state index in [2.05, 4.69) is 54.4 Å². The molecule has 2 aromatic heterocycles. The second-order valence-electron chi connectivity index (χ2n) is 9.19. The molecule has 0 aliphatic carbocycles. The van der Waals surface area contributed by atoms with Crippen LogP contribution in [-0.4, -0.2) is 39.6 Å². The summed E-state index contributed by atoms with van der Waals surface area (Å²) in [5.41, 5.74) is 6.13. The van der Waals surface area contributed by atoms with E-state index in [4.69, 9.17) is 14.8 Å². The molecule has 0 saturated carbocycles. The number of hydrogen-bond donors (Lipinski definition) is 1. The number of anilines is 1. The molecule has 0 radical (unpaired) electrons. The highest BCUT2D eigenvalue weighted by Gasteiger charge is 2.43. The highest BCUT2D eigenvalue weighted by Crippen LogP contribution is 2.42. The van der Waals surface area contributed by atoms with Crippen molar-refractivity contribution in [2.24, 2.45) is 0 Å². The lowest BCUT2D eigenvalue weighted by atomic mass is 9.83. The van der Waals surface area contributed by atoms with E-state index < -0.39 is 0 Å². The number of para-hydroxylation sites is 1. The molecule has 0 amide bonds. The average Bonchev–Trinajstić information content (AvgIpc) is 3.30. The lowest BCUT2D eigenvalue weighted by Gasteiger charge is -2.43. The van der Waals surface area contributed by atoms with Gasteiger partial charge in [0.1, 0.15) is 11.4 Å². The van der Waals surface area contributed by atoms with Crippen LogP contribution in [0.15, 0.2) is 60.8 Å². The van der Waals surface area contributed by atoms with Gasteiger partial charge in [-0.2, -0.15) is 5.10 Å². The van der Waals surface area contributed by atoms with Crippen molar-refractivity contribution in [3.05, 3.63) is 83.2 Å². The molecule has 168 valence electrons. The number of aryl methyl sites for hydroxylation is 1. The zero-order valence-corrected chi connectivity index (χ0v) is 18.9. The maximum Gasteiger partial charge on any atom is 0.134 e. The zero-order chi connectivity index (χ0) is 22.4. The number of nitrogens with zero attached hydrogens (tertiary/aromatic N) is 4. The van der Waals surface area contributed by atoms with Gasteiger partial charge in [0.15, 0.2) is 0 Å². The van der Waals surface area contributed by atoms with Crippen LogP contribution >= 0.6 is 0 Å². The van der Waals surface area contributed by atoms with E-state index in [-0.39, 0.29) is 12.2 Å². The van der Waals surface area contributed by atoms with Crippen molar-refractivity contribution in [2.45, 2.75) is 38.4 Å². The quantitative estimate of drug-likeness (QED) is 0.515. The van der Waals surface area contributed by atoms with Crippen LogP contribution in [0.5, 0.6) is 0 Å². The summed E-state index contributed by atoms with van der Waals surface area (Å²) in [5, 5.41) is 16.1. The van der Waals surface area contributed by atoms with E-state index in [1.165, 1.54) is 11.1 Å². The molecule has 1 N–H and O–H groups in total. The number of aliphatic hydroxyl groups excluding tert-OH is 1. The molecule has 4 heterocycles. The molecule has 0 bridgehead atoms. The monoisotopic (exact) mass is 440 g/mol. The molecule has 6 rings (SSSR count). The Bertz CT molecular complexity index is 1310. The van der Waals surface area contributed by atoms with E-state index >= 15 is 0 Å². The van der Waals surface area contributed by atoms with Gasteiger partial charge in [-0.05, 0) is 61.6 Å². The van der Waals surface area contributed by atoms with Gasteiger partial charge in [0.05, 0.1) is 30.1 Å². The minimum atomic E-state index is -0.350. The third-order valence-corrected chi connectivity index (χ3v) is 7.06. The maximum atomic E-state index is 10.0. The molecule has 2 aliphatic heterocycles. The molecular weight excluding hydrogens is 412 g/mol. The SMILES string of the molecule is Cc1ccc2cc(CO)c(N3CCC4(CC3)OCCc3cn(-c5ccccc5)nc34)nc2c1. The Morgan fingerprint density at radius 1 is 1.06 bits per heavy atom. The van der Waals surface area contributed by atoms with Crippen molar-refractivity contribution in [3.63, 3.8) is 0 Å². The second-order valence-corrected chi connectivity index (χ2v) is 9.19. The Morgan fingerprint density at radius 2 is 1.88 bits per heavy atom. The van der Waals surface area contributed by atoms with E-state index in [0.717, 1.165) is 72.6 Å². The van der Waals surface area contributed by atoms with Crippen LogP contribution in [0, 0.1) is 6.92 Å². The first kappa shape index (κ1) is 20.4. The number of piperidine rings is 1. The first-order chi connectivity index (χ1) is 16.1. The van der Waals surface area contributed by atoms with Gasteiger partial charge in [-0.3, -0.25) is 0 Å². The predicted molar refractivity (Wildman–Crippen MR) is 129 cm³/mol. The molecule has 4 aromatic rings. The molecule has 6 heteroatoms. The summed E-state index contributed by atoms with van der Waals surface area (Å²) in [6.07, 6.45) is 4.76. The van der Waals surface area contributed by atoms with Crippen molar-refractivity contribution in [2.75, 3.05) is 24.6 Å². The number of fused-ring (bicyclic) bond motifs is 3. The van der Waals surface area contributed by atoms with Gasteiger partial charge in [-0.25, -0.2) is 9.67 Å². The number of aliphatic hydroxyl groups is 1. The first-order valence-corrected chi connectivity index (χ1v) is 11.7. The van der Waals surface area contributed by atoms with Gasteiger partial charge in [-0.1, -0.05) is 30.3 Å². The molecule has 33 heavy (non-hydrogen) atoms. The molecular formula is C27H28N4O2. The fourth-order valence-corrected chi connectivity index (χ4v) is 5.28. The molecule has 0 atom stereocenters. The zero-order valence-electron chi connectivity index (χ0n) is 18.9. The highest BCUT2D eigenvalue weighted by atomic mass is 16.5. The van der Waals surface area contributed by atoms with Crippen molar-refractivity contribution in [1.29, 1.82) is 0 Å². The standard InChI is InChI=1S/C27H28N4O2/c1-19-7-8-20-16-22(18-32)26(28-24(20)15-19)30-12-10-27(11-13-30)25-21(9-14-33-27)17-31(29-25)23-5-3-2-4-6-23/h2-8,15-17,32H,9-14,18H2,1H3. The van der Waals surface area contributed by atoms with E-state index in [9.17, 15) is 5.11 Å². The Hall–Kier alpha value is -3.22. The Morgan fingerprint density at radius 3 is 2.67 bits per heavy atom. The van der Waals surface area contributed by atoms with Gasteiger partial charge >= 0.3 is 0 Å². The topological polar surface area (TPSA) is 63.4 Å². The van der Waals surface area contributed by atoms with E-state index in [1.54, 1.807) is 0 Å². The van der Waals surface area contributed by atoms with Crippen LogP contribution in [0.25, 0.3) is 16.6 Å². The molecule has 1 spiro atoms. The number of aromatic nitrogens is 3. The minimum Gasteiger partial charge on any atom is -0.392 e. The van der Waals surface area contributed by atoms with Gasteiger partial charge in [-0.15, -0.1) is 0 Å². The minimum absolute atomic E-state index is 0.0179. The van der Waals surface area contributed by atoms with Gasteiger partial charge < -0.3 is 14.7 Å². The van der Waals surface area contributed by atoms with Crippen LogP contribution in [-0.2, 0) is 23.4 Å². The Balaban J connectivity index is 1.30. The molecule has 2 aliphatic rings. The predicted octanol–water partition coefficient (Wildman–Crippen LogP) is 4.29. The second kappa shape index (κ2) is 7.97. The maximum absolute atomic E-state index is 10.0. The van der Waals surface area contributed by atoms with Crippen molar-refractivity contribution in [1.82, 2.24) is 14.8 Å². The number of benzene rings is 2. The first-order valence-electron chi connectivity index (χ1n) is 11.7. The fraction of sp³-hybridized carbons (Fsp3) is 0.333. The van der Waals surface area contributed by atoms with E-state index in [0.29, 0.717) is 0 Å². The van der Waals surface area contributed by atoms with Crippen LogP contribution in [0.3, 0.4) is 0 Å². The summed E-state index contributed by atoms with van der Waals surface area (Å²) in [5.74, 6) is 0.885. The highest BCUT2D eigenvalue weighted by molar-refractivity contribution is 5.82. The van der Waals surface area contributed by atoms with Crippen molar-refractivity contribution in [3.8, 4) is 5.69 Å². The average molecular weight is 441 g/mol. The lowest BCUT2D eigenvalue weighted by molar-refractivity contribution is -0.0797. The third kappa shape index (κ3) is 3.50. The number of ether oxygens (including phenoxy) is 1. The number of hydrogen-bond acceptors (Lipinski definition) is 5. The summed E-state index contributed by atoms with van der Waals surface area (Å²) >= 11 is 0. The fourth-order valence-electron chi connectivity index (χ4n) is 5.28. The normalized spacial score (nSPS) is 17.5. The smallest absolute Gasteiger partial charge is 0.134 e. The molecule has 1 saturated heterocycles. The van der Waals surface area contributed by atoms with Gasteiger partial charge in [0.25, 0.3) is 0 Å². The summed E-state index contributed by atoms with van der Waals surface area (Å²) in [6, 6.07) is 18.6. The van der Waals surface area contributed by atoms with Gasteiger partial charge in [0.2, 0.25) is 0 Å². The van der Waals surface area contributed by atoms with Gasteiger partial charge in [0, 0.05) is 30.2 Å². The Kier molecular flexibility index (Phi) is 4.93. The van der Waals surface area contributed by atoms with Crippen LogP contribution in [0.1, 0.15) is 35.2 Å². The Labute approximate surface area is 193 Å². The molecule has 6 nitrogen and oxygen atoms in total. The third-order valence-electron chi connectivity index (χ3n) is 7.06. The summed E-state index contributed by atoms with van der Waals surface area (Å²) in [6.45, 7) is 4.42. The number of pyridine rings is 1. The summed E-state index contributed by atoms with van der Waals surface area (Å²) in [7, 11) is 0. The largest absolute Gasteiger partial charge is 0.392 e. The summed E-state index contributed by atoms with van der Waals surface area (Å²) < 4.78 is 8.43. The molecule has 1 fully saturated rings. The lowest BCUT2D eigenvalue weighted by Crippen LogP contribution is -2.47. The van der Waals surface area contributed by atoms with E-state index in [1.807, 2.05) is 22.9 Å². The summed E-state index contributed by atoms with van der Waals surface area (Å²) in [4.78, 5) is 7.25.